The van der Waals surface area contributed by atoms with E-state index in [0.717, 1.165) is 27.5 Å². The van der Waals surface area contributed by atoms with Crippen LogP contribution in [-0.2, 0) is 6.61 Å². The van der Waals surface area contributed by atoms with Crippen molar-refractivity contribution in [2.75, 3.05) is 7.11 Å². The number of aromatic nitrogens is 2. The lowest BCUT2D eigenvalue weighted by Crippen LogP contribution is -2.02. The molecule has 0 bridgehead atoms. The van der Waals surface area contributed by atoms with E-state index in [4.69, 9.17) is 9.47 Å². The van der Waals surface area contributed by atoms with Crippen molar-refractivity contribution in [1.29, 1.82) is 0 Å². The molecule has 0 N–H and O–H groups in total. The number of para-hydroxylation sites is 2. The number of nitrogens with zero attached hydrogens (tertiary/aromatic N) is 2. The van der Waals surface area contributed by atoms with Crippen LogP contribution >= 0.6 is 0 Å². The highest BCUT2D eigenvalue weighted by atomic mass is 16.5. The molecule has 0 amide bonds. The lowest BCUT2D eigenvalue weighted by molar-refractivity contribution is 0.270. The summed E-state index contributed by atoms with van der Waals surface area (Å²) in [5, 5.41) is 2.13. The Labute approximate surface area is 139 Å². The van der Waals surface area contributed by atoms with Crippen molar-refractivity contribution in [2.45, 2.75) is 6.61 Å². The van der Waals surface area contributed by atoms with Gasteiger partial charge in [-0.05, 0) is 24.3 Å². The summed E-state index contributed by atoms with van der Waals surface area (Å²) in [6.45, 7) is 0.340. The second-order valence-corrected chi connectivity index (χ2v) is 5.47. The highest BCUT2D eigenvalue weighted by Crippen LogP contribution is 2.29. The number of ether oxygens (including phenoxy) is 2. The van der Waals surface area contributed by atoms with E-state index in [1.165, 1.54) is 0 Å². The molecular formula is C20H16N2O2. The van der Waals surface area contributed by atoms with Crippen LogP contribution in [0.4, 0.5) is 0 Å². The van der Waals surface area contributed by atoms with Gasteiger partial charge >= 0.3 is 0 Å². The van der Waals surface area contributed by atoms with Crippen molar-refractivity contribution in [3.63, 3.8) is 0 Å². The van der Waals surface area contributed by atoms with Gasteiger partial charge in [0, 0.05) is 10.8 Å². The van der Waals surface area contributed by atoms with Gasteiger partial charge in [0.15, 0.2) is 5.75 Å². The van der Waals surface area contributed by atoms with Crippen molar-refractivity contribution in [1.82, 2.24) is 9.97 Å². The minimum absolute atomic E-state index is 0.340. The molecule has 0 aliphatic carbocycles. The molecule has 118 valence electrons. The van der Waals surface area contributed by atoms with Crippen LogP contribution in [0.15, 0.2) is 66.7 Å². The Morgan fingerprint density at radius 1 is 0.792 bits per heavy atom. The van der Waals surface area contributed by atoms with Gasteiger partial charge < -0.3 is 9.47 Å². The average Bonchev–Trinajstić information content (AvgIpc) is 2.65. The first kappa shape index (κ1) is 14.5. The zero-order valence-corrected chi connectivity index (χ0v) is 13.3. The number of hydrogen-bond acceptors (Lipinski definition) is 4. The maximum absolute atomic E-state index is 5.87. The normalized spacial score (nSPS) is 10.9. The third-order valence-electron chi connectivity index (χ3n) is 3.89. The van der Waals surface area contributed by atoms with Gasteiger partial charge in [-0.1, -0.05) is 42.5 Å². The van der Waals surface area contributed by atoms with E-state index < -0.39 is 0 Å². The van der Waals surface area contributed by atoms with Crippen molar-refractivity contribution in [3.8, 4) is 11.6 Å². The van der Waals surface area contributed by atoms with Crippen LogP contribution in [0.2, 0.25) is 0 Å². The topological polar surface area (TPSA) is 44.2 Å². The molecule has 0 radical (unpaired) electrons. The first-order valence-corrected chi connectivity index (χ1v) is 7.75. The van der Waals surface area contributed by atoms with Gasteiger partial charge in [-0.15, -0.1) is 0 Å². The van der Waals surface area contributed by atoms with Crippen molar-refractivity contribution in [2.24, 2.45) is 0 Å². The Hall–Kier alpha value is -3.14. The number of methoxy groups -OCH3 is 1. The summed E-state index contributed by atoms with van der Waals surface area (Å²) < 4.78 is 11.3. The van der Waals surface area contributed by atoms with Gasteiger partial charge in [0.2, 0.25) is 0 Å². The fourth-order valence-corrected chi connectivity index (χ4v) is 2.66. The van der Waals surface area contributed by atoms with Crippen LogP contribution in [-0.4, -0.2) is 17.1 Å². The fourth-order valence-electron chi connectivity index (χ4n) is 2.66. The Balaban J connectivity index is 1.63. The third kappa shape index (κ3) is 2.74. The van der Waals surface area contributed by atoms with E-state index in [2.05, 4.69) is 9.97 Å². The molecule has 4 nitrogen and oxygen atoms in total. The molecule has 0 atom stereocenters. The predicted octanol–water partition coefficient (Wildman–Crippen LogP) is 4.37. The fraction of sp³-hybridized carbons (Fsp3) is 0.100. The number of rotatable bonds is 4. The largest absolute Gasteiger partial charge is 0.491 e. The maximum Gasteiger partial charge on any atom is 0.257 e. The standard InChI is InChI=1S/C20H16N2O2/c1-23-19-12-15-7-3-5-9-18(15)22-20(19)24-13-16-11-10-14-6-2-4-8-17(14)21-16/h2-12H,13H2,1H3. The van der Waals surface area contributed by atoms with E-state index in [1.54, 1.807) is 7.11 Å². The first-order chi connectivity index (χ1) is 11.8. The third-order valence-corrected chi connectivity index (χ3v) is 3.89. The SMILES string of the molecule is COc1cc2ccccc2nc1OCc1ccc2ccccc2n1. The molecule has 0 saturated carbocycles. The van der Waals surface area contributed by atoms with E-state index >= 15 is 0 Å². The van der Waals surface area contributed by atoms with Crippen molar-refractivity contribution in [3.05, 3.63) is 72.4 Å². The van der Waals surface area contributed by atoms with Crippen LogP contribution in [0, 0.1) is 0 Å². The Bertz CT molecular complexity index is 1010. The van der Waals surface area contributed by atoms with E-state index in [-0.39, 0.29) is 0 Å². The predicted molar refractivity (Wildman–Crippen MR) is 94.4 cm³/mol. The molecule has 0 fully saturated rings. The van der Waals surface area contributed by atoms with E-state index in [9.17, 15) is 0 Å². The molecule has 0 unspecified atom stereocenters. The van der Waals surface area contributed by atoms with Crippen LogP contribution in [0.25, 0.3) is 21.8 Å². The minimum atomic E-state index is 0.340. The van der Waals surface area contributed by atoms with E-state index in [0.29, 0.717) is 18.2 Å². The second kappa shape index (κ2) is 6.16. The molecule has 2 heterocycles. The van der Waals surface area contributed by atoms with Gasteiger partial charge in [-0.3, -0.25) is 0 Å². The molecule has 0 spiro atoms. The molecule has 2 aromatic heterocycles. The highest BCUT2D eigenvalue weighted by molar-refractivity contribution is 5.81. The molecule has 24 heavy (non-hydrogen) atoms. The summed E-state index contributed by atoms with van der Waals surface area (Å²) >= 11 is 0. The Kier molecular flexibility index (Phi) is 3.71. The summed E-state index contributed by atoms with van der Waals surface area (Å²) in [6.07, 6.45) is 0. The highest BCUT2D eigenvalue weighted by Gasteiger charge is 2.09. The summed E-state index contributed by atoms with van der Waals surface area (Å²) in [6, 6.07) is 21.9. The van der Waals surface area contributed by atoms with Gasteiger partial charge in [0.25, 0.3) is 5.88 Å². The quantitative estimate of drug-likeness (QED) is 0.561. The zero-order valence-electron chi connectivity index (χ0n) is 13.3. The van der Waals surface area contributed by atoms with Crippen molar-refractivity contribution < 1.29 is 9.47 Å². The van der Waals surface area contributed by atoms with Gasteiger partial charge in [0.1, 0.15) is 6.61 Å². The molecule has 0 aliphatic rings. The monoisotopic (exact) mass is 316 g/mol. The summed E-state index contributed by atoms with van der Waals surface area (Å²) in [5.41, 5.74) is 2.68. The summed E-state index contributed by atoms with van der Waals surface area (Å²) in [7, 11) is 1.62. The molecule has 0 aliphatic heterocycles. The Morgan fingerprint density at radius 2 is 1.50 bits per heavy atom. The van der Waals surface area contributed by atoms with Crippen LogP contribution in [0.5, 0.6) is 11.6 Å². The first-order valence-electron chi connectivity index (χ1n) is 7.75. The number of benzene rings is 2. The number of pyridine rings is 2. The smallest absolute Gasteiger partial charge is 0.257 e. The molecule has 4 rings (SSSR count). The minimum Gasteiger partial charge on any atom is -0.491 e. The lowest BCUT2D eigenvalue weighted by Gasteiger charge is -2.11. The van der Waals surface area contributed by atoms with Crippen molar-refractivity contribution >= 4 is 21.8 Å². The molecule has 4 heteroatoms. The van der Waals surface area contributed by atoms with E-state index in [1.807, 2.05) is 66.7 Å². The second-order valence-electron chi connectivity index (χ2n) is 5.47. The molecule has 0 saturated heterocycles. The Morgan fingerprint density at radius 3 is 2.29 bits per heavy atom. The van der Waals surface area contributed by atoms with Gasteiger partial charge in [0.05, 0.1) is 23.8 Å². The molecule has 2 aromatic carbocycles. The summed E-state index contributed by atoms with van der Waals surface area (Å²) in [5.74, 6) is 1.10. The average molecular weight is 316 g/mol. The van der Waals surface area contributed by atoms with Crippen LogP contribution < -0.4 is 9.47 Å². The lowest BCUT2D eigenvalue weighted by atomic mass is 10.2. The molecular weight excluding hydrogens is 300 g/mol. The van der Waals surface area contributed by atoms with Crippen LogP contribution in [0.1, 0.15) is 5.69 Å². The number of fused-ring (bicyclic) bond motifs is 2. The summed E-state index contributed by atoms with van der Waals surface area (Å²) in [4.78, 5) is 9.16. The van der Waals surface area contributed by atoms with Gasteiger partial charge in [-0.25, -0.2) is 9.97 Å². The maximum atomic E-state index is 5.87. The van der Waals surface area contributed by atoms with Gasteiger partial charge in [-0.2, -0.15) is 0 Å². The van der Waals surface area contributed by atoms with Crippen LogP contribution in [0.3, 0.4) is 0 Å². The number of hydrogen-bond donors (Lipinski definition) is 0. The zero-order chi connectivity index (χ0) is 16.4. The molecule has 4 aromatic rings.